The zero-order valence-corrected chi connectivity index (χ0v) is 10.9. The van der Waals surface area contributed by atoms with Crippen LogP contribution in [0.4, 0.5) is 0 Å². The summed E-state index contributed by atoms with van der Waals surface area (Å²) in [5.41, 5.74) is 2.69. The Morgan fingerprint density at radius 2 is 2.00 bits per heavy atom. The van der Waals surface area contributed by atoms with Gasteiger partial charge in [-0.2, -0.15) is 0 Å². The van der Waals surface area contributed by atoms with Crippen LogP contribution in [0, 0.1) is 5.92 Å². The summed E-state index contributed by atoms with van der Waals surface area (Å²) in [5, 5.41) is 8.79. The Kier molecular flexibility index (Phi) is 4.37. The topological polar surface area (TPSA) is 40.5 Å². The van der Waals surface area contributed by atoms with Crippen molar-refractivity contribution in [1.82, 2.24) is 4.90 Å². The maximum Gasteiger partial charge on any atom is 0.303 e. The molecule has 1 aliphatic rings. The number of hydrogen-bond acceptors (Lipinski definition) is 2. The van der Waals surface area contributed by atoms with Gasteiger partial charge in [-0.15, -0.1) is 0 Å². The van der Waals surface area contributed by atoms with Crippen molar-refractivity contribution in [2.75, 3.05) is 13.1 Å². The van der Waals surface area contributed by atoms with E-state index in [1.54, 1.807) is 0 Å². The number of rotatable bonds is 5. The molecule has 1 fully saturated rings. The van der Waals surface area contributed by atoms with Crippen LogP contribution in [0.1, 0.15) is 30.9 Å². The van der Waals surface area contributed by atoms with Crippen LogP contribution in [0.15, 0.2) is 24.3 Å². The van der Waals surface area contributed by atoms with E-state index in [9.17, 15) is 4.79 Å². The molecule has 18 heavy (non-hydrogen) atoms. The fourth-order valence-electron chi connectivity index (χ4n) is 2.61. The summed E-state index contributed by atoms with van der Waals surface area (Å²) in [6, 6.07) is 8.73. The highest BCUT2D eigenvalue weighted by Crippen LogP contribution is 2.21. The van der Waals surface area contributed by atoms with Crippen LogP contribution in [0.5, 0.6) is 0 Å². The maximum absolute atomic E-state index is 10.7. The SMILES string of the molecule is CCc1ccc(CN2CCC(CC(=O)O)C2)cc1. The molecule has 3 heteroatoms. The first-order valence-corrected chi connectivity index (χ1v) is 6.69. The fourth-order valence-corrected chi connectivity index (χ4v) is 2.61. The highest BCUT2D eigenvalue weighted by atomic mass is 16.4. The van der Waals surface area contributed by atoms with Crippen LogP contribution in [-0.2, 0) is 17.8 Å². The summed E-state index contributed by atoms with van der Waals surface area (Å²) in [6.07, 6.45) is 2.40. The molecular formula is C15H21NO2. The van der Waals surface area contributed by atoms with Crippen molar-refractivity contribution in [2.45, 2.75) is 32.7 Å². The molecule has 1 aromatic rings. The van der Waals surface area contributed by atoms with E-state index in [4.69, 9.17) is 5.11 Å². The van der Waals surface area contributed by atoms with Gasteiger partial charge in [0.15, 0.2) is 0 Å². The Hall–Kier alpha value is -1.35. The Bertz CT molecular complexity index is 399. The monoisotopic (exact) mass is 247 g/mol. The third kappa shape index (κ3) is 3.57. The number of carboxylic acids is 1. The van der Waals surface area contributed by atoms with E-state index >= 15 is 0 Å². The molecule has 1 unspecified atom stereocenters. The van der Waals surface area contributed by atoms with Crippen LogP contribution < -0.4 is 0 Å². The molecule has 1 N–H and O–H groups in total. The molecule has 0 amide bonds. The lowest BCUT2D eigenvalue weighted by atomic mass is 10.1. The van der Waals surface area contributed by atoms with Crippen molar-refractivity contribution in [3.63, 3.8) is 0 Å². The van der Waals surface area contributed by atoms with E-state index in [1.165, 1.54) is 11.1 Å². The number of nitrogens with zero attached hydrogens (tertiary/aromatic N) is 1. The lowest BCUT2D eigenvalue weighted by molar-refractivity contribution is -0.138. The van der Waals surface area contributed by atoms with Gasteiger partial charge in [0.2, 0.25) is 0 Å². The second-order valence-electron chi connectivity index (χ2n) is 5.16. The van der Waals surface area contributed by atoms with E-state index in [0.29, 0.717) is 12.3 Å². The molecule has 1 aliphatic heterocycles. The van der Waals surface area contributed by atoms with Crippen molar-refractivity contribution in [1.29, 1.82) is 0 Å². The van der Waals surface area contributed by atoms with Crippen LogP contribution in [-0.4, -0.2) is 29.1 Å². The van der Waals surface area contributed by atoms with E-state index < -0.39 is 5.97 Å². The third-order valence-electron chi connectivity index (χ3n) is 3.67. The molecule has 0 spiro atoms. The van der Waals surface area contributed by atoms with E-state index in [-0.39, 0.29) is 0 Å². The quantitative estimate of drug-likeness (QED) is 0.869. The number of aryl methyl sites for hydroxylation is 1. The highest BCUT2D eigenvalue weighted by molar-refractivity contribution is 5.67. The average molecular weight is 247 g/mol. The molecule has 0 radical (unpaired) electrons. The van der Waals surface area contributed by atoms with E-state index in [0.717, 1.165) is 32.5 Å². The smallest absolute Gasteiger partial charge is 0.303 e. The second kappa shape index (κ2) is 6.01. The van der Waals surface area contributed by atoms with Crippen LogP contribution in [0.3, 0.4) is 0 Å². The van der Waals surface area contributed by atoms with Crippen molar-refractivity contribution in [2.24, 2.45) is 5.92 Å². The van der Waals surface area contributed by atoms with Crippen molar-refractivity contribution < 1.29 is 9.90 Å². The van der Waals surface area contributed by atoms with Gasteiger partial charge in [-0.05, 0) is 36.4 Å². The minimum atomic E-state index is -0.672. The Morgan fingerprint density at radius 3 is 2.61 bits per heavy atom. The summed E-state index contributed by atoms with van der Waals surface area (Å²) in [6.45, 7) is 5.04. The van der Waals surface area contributed by atoms with Crippen molar-refractivity contribution >= 4 is 5.97 Å². The molecule has 0 aliphatic carbocycles. The molecular weight excluding hydrogens is 226 g/mol. The van der Waals surface area contributed by atoms with Gasteiger partial charge in [-0.3, -0.25) is 9.69 Å². The van der Waals surface area contributed by atoms with Gasteiger partial charge in [0.1, 0.15) is 0 Å². The average Bonchev–Trinajstić information content (AvgIpc) is 2.76. The predicted octanol–water partition coefficient (Wildman–Crippen LogP) is 2.55. The summed E-state index contributed by atoms with van der Waals surface area (Å²) in [7, 11) is 0. The van der Waals surface area contributed by atoms with Gasteiger partial charge in [0.25, 0.3) is 0 Å². The van der Waals surface area contributed by atoms with Gasteiger partial charge < -0.3 is 5.11 Å². The number of carbonyl (C=O) groups is 1. The largest absolute Gasteiger partial charge is 0.481 e. The van der Waals surface area contributed by atoms with Gasteiger partial charge in [-0.1, -0.05) is 31.2 Å². The van der Waals surface area contributed by atoms with Crippen LogP contribution in [0.2, 0.25) is 0 Å². The minimum Gasteiger partial charge on any atom is -0.481 e. The van der Waals surface area contributed by atoms with Crippen molar-refractivity contribution in [3.05, 3.63) is 35.4 Å². The molecule has 1 saturated heterocycles. The van der Waals surface area contributed by atoms with Gasteiger partial charge in [0.05, 0.1) is 0 Å². The van der Waals surface area contributed by atoms with Gasteiger partial charge in [0, 0.05) is 19.5 Å². The van der Waals surface area contributed by atoms with E-state index in [2.05, 4.69) is 36.1 Å². The predicted molar refractivity (Wildman–Crippen MR) is 71.5 cm³/mol. The first-order chi connectivity index (χ1) is 8.67. The first-order valence-electron chi connectivity index (χ1n) is 6.69. The number of aliphatic carboxylic acids is 1. The molecule has 0 aromatic heterocycles. The third-order valence-corrected chi connectivity index (χ3v) is 3.67. The van der Waals surface area contributed by atoms with E-state index in [1.807, 2.05) is 0 Å². The molecule has 1 atom stereocenters. The Balaban J connectivity index is 1.85. The number of carboxylic acid groups (broad SMARTS) is 1. The van der Waals surface area contributed by atoms with Gasteiger partial charge >= 0.3 is 5.97 Å². The Labute approximate surface area is 108 Å². The molecule has 3 nitrogen and oxygen atoms in total. The molecule has 0 saturated carbocycles. The van der Waals surface area contributed by atoms with Crippen LogP contribution in [0.25, 0.3) is 0 Å². The molecule has 2 rings (SSSR count). The van der Waals surface area contributed by atoms with Gasteiger partial charge in [-0.25, -0.2) is 0 Å². The molecule has 98 valence electrons. The maximum atomic E-state index is 10.7. The van der Waals surface area contributed by atoms with Crippen molar-refractivity contribution in [3.8, 4) is 0 Å². The summed E-state index contributed by atoms with van der Waals surface area (Å²) >= 11 is 0. The minimum absolute atomic E-state index is 0.311. The standard InChI is InChI=1S/C15H21NO2/c1-2-12-3-5-13(6-4-12)10-16-8-7-14(11-16)9-15(17)18/h3-6,14H,2,7-11H2,1H3,(H,17,18). The number of benzene rings is 1. The molecule has 0 bridgehead atoms. The molecule has 1 heterocycles. The summed E-state index contributed by atoms with van der Waals surface area (Å²) < 4.78 is 0. The summed E-state index contributed by atoms with van der Waals surface area (Å²) in [4.78, 5) is 13.0. The second-order valence-corrected chi connectivity index (χ2v) is 5.16. The zero-order chi connectivity index (χ0) is 13.0. The Morgan fingerprint density at radius 1 is 1.33 bits per heavy atom. The fraction of sp³-hybridized carbons (Fsp3) is 0.533. The summed E-state index contributed by atoms with van der Waals surface area (Å²) in [5.74, 6) is -0.341. The normalized spacial score (nSPS) is 20.2. The van der Waals surface area contributed by atoms with Crippen LogP contribution >= 0.6 is 0 Å². The molecule has 1 aromatic carbocycles. The number of hydrogen-bond donors (Lipinski definition) is 1. The first kappa shape index (κ1) is 13.1. The lowest BCUT2D eigenvalue weighted by Crippen LogP contribution is -2.20. The lowest BCUT2D eigenvalue weighted by Gasteiger charge is -2.15. The highest BCUT2D eigenvalue weighted by Gasteiger charge is 2.24. The zero-order valence-electron chi connectivity index (χ0n) is 10.9. The number of likely N-dealkylation sites (tertiary alicyclic amines) is 1.